The van der Waals surface area contributed by atoms with Crippen molar-refractivity contribution in [2.45, 2.75) is 19.8 Å². The molecule has 1 aromatic heterocycles. The number of pyridine rings is 1. The van der Waals surface area contributed by atoms with Crippen molar-refractivity contribution < 1.29 is 9.53 Å². The molecule has 0 N–H and O–H groups in total. The normalized spacial score (nSPS) is 10.6. The third kappa shape index (κ3) is 3.81. The van der Waals surface area contributed by atoms with Crippen LogP contribution in [0.2, 0.25) is 5.02 Å². The van der Waals surface area contributed by atoms with Crippen LogP contribution in [0.5, 0.6) is 5.75 Å². The summed E-state index contributed by atoms with van der Waals surface area (Å²) in [7, 11) is 0. The lowest BCUT2D eigenvalue weighted by Crippen LogP contribution is -2.11. The SMILES string of the molecule is CC(C)c1ccc(C(=O)COc2cncc(Cl)c2)cc1. The minimum atomic E-state index is -0.0692. The fraction of sp³-hybridized carbons (Fsp3) is 0.250. The van der Waals surface area contributed by atoms with Gasteiger partial charge in [0.25, 0.3) is 0 Å². The second-order valence-electron chi connectivity index (χ2n) is 4.83. The van der Waals surface area contributed by atoms with Crippen LogP contribution in [0.15, 0.2) is 42.7 Å². The van der Waals surface area contributed by atoms with Crippen LogP contribution in [0.25, 0.3) is 0 Å². The lowest BCUT2D eigenvalue weighted by molar-refractivity contribution is 0.0921. The first-order valence-corrected chi connectivity index (χ1v) is 6.80. The monoisotopic (exact) mass is 289 g/mol. The van der Waals surface area contributed by atoms with Gasteiger partial charge in [-0.2, -0.15) is 0 Å². The fourth-order valence-corrected chi connectivity index (χ4v) is 1.92. The molecule has 0 saturated heterocycles. The molecular formula is C16H16ClNO2. The quantitative estimate of drug-likeness (QED) is 0.777. The zero-order chi connectivity index (χ0) is 14.5. The largest absolute Gasteiger partial charge is 0.484 e. The minimum absolute atomic E-state index is 0.0248. The van der Waals surface area contributed by atoms with E-state index < -0.39 is 0 Å². The topological polar surface area (TPSA) is 39.2 Å². The molecule has 0 aliphatic heterocycles. The molecule has 0 aliphatic rings. The van der Waals surface area contributed by atoms with Gasteiger partial charge in [0, 0.05) is 17.8 Å². The highest BCUT2D eigenvalue weighted by Gasteiger charge is 2.08. The smallest absolute Gasteiger partial charge is 0.200 e. The standard InChI is InChI=1S/C16H16ClNO2/c1-11(2)12-3-5-13(6-4-12)16(19)10-20-15-7-14(17)8-18-9-15/h3-9,11H,10H2,1-2H3. The maximum atomic E-state index is 12.0. The van der Waals surface area contributed by atoms with E-state index in [1.54, 1.807) is 6.07 Å². The first-order chi connectivity index (χ1) is 9.56. The van der Waals surface area contributed by atoms with Crippen molar-refractivity contribution in [2.24, 2.45) is 0 Å². The van der Waals surface area contributed by atoms with Crippen molar-refractivity contribution in [1.82, 2.24) is 4.98 Å². The van der Waals surface area contributed by atoms with Crippen molar-refractivity contribution >= 4 is 17.4 Å². The number of halogens is 1. The first-order valence-electron chi connectivity index (χ1n) is 6.43. The maximum Gasteiger partial charge on any atom is 0.200 e. The van der Waals surface area contributed by atoms with Gasteiger partial charge in [-0.3, -0.25) is 9.78 Å². The van der Waals surface area contributed by atoms with Crippen LogP contribution in [0.3, 0.4) is 0 Å². The van der Waals surface area contributed by atoms with Crippen LogP contribution in [-0.4, -0.2) is 17.4 Å². The van der Waals surface area contributed by atoms with E-state index in [0.717, 1.165) is 0 Å². The Balaban J connectivity index is 1.98. The predicted molar refractivity (Wildman–Crippen MR) is 79.6 cm³/mol. The third-order valence-corrected chi connectivity index (χ3v) is 3.16. The van der Waals surface area contributed by atoms with Crippen molar-refractivity contribution in [1.29, 1.82) is 0 Å². The van der Waals surface area contributed by atoms with E-state index in [1.807, 2.05) is 24.3 Å². The Hall–Kier alpha value is -1.87. The number of ether oxygens (including phenoxy) is 1. The summed E-state index contributed by atoms with van der Waals surface area (Å²) in [6, 6.07) is 9.23. The molecule has 0 atom stereocenters. The maximum absolute atomic E-state index is 12.0. The van der Waals surface area contributed by atoms with Gasteiger partial charge in [-0.25, -0.2) is 0 Å². The van der Waals surface area contributed by atoms with Gasteiger partial charge >= 0.3 is 0 Å². The van der Waals surface area contributed by atoms with Crippen LogP contribution in [0, 0.1) is 0 Å². The Morgan fingerprint density at radius 2 is 1.95 bits per heavy atom. The minimum Gasteiger partial charge on any atom is -0.484 e. The van der Waals surface area contributed by atoms with E-state index in [1.165, 1.54) is 18.0 Å². The van der Waals surface area contributed by atoms with Crippen LogP contribution >= 0.6 is 11.6 Å². The number of hydrogen-bond donors (Lipinski definition) is 0. The lowest BCUT2D eigenvalue weighted by Gasteiger charge is -2.07. The molecule has 0 saturated carbocycles. The average molecular weight is 290 g/mol. The highest BCUT2D eigenvalue weighted by Crippen LogP contribution is 2.17. The third-order valence-electron chi connectivity index (χ3n) is 2.95. The predicted octanol–water partition coefficient (Wildman–Crippen LogP) is 4.12. The van der Waals surface area contributed by atoms with Crippen molar-refractivity contribution in [2.75, 3.05) is 6.61 Å². The summed E-state index contributed by atoms with van der Waals surface area (Å²) in [4.78, 5) is 15.9. The highest BCUT2D eigenvalue weighted by molar-refractivity contribution is 6.30. The first kappa shape index (κ1) is 14.5. The van der Waals surface area contributed by atoms with E-state index in [0.29, 0.717) is 22.3 Å². The van der Waals surface area contributed by atoms with Crippen LogP contribution < -0.4 is 4.74 Å². The molecule has 0 radical (unpaired) electrons. The molecule has 0 amide bonds. The second-order valence-corrected chi connectivity index (χ2v) is 5.26. The molecule has 20 heavy (non-hydrogen) atoms. The molecule has 0 aliphatic carbocycles. The Morgan fingerprint density at radius 1 is 1.25 bits per heavy atom. The summed E-state index contributed by atoms with van der Waals surface area (Å²) >= 11 is 5.80. The Bertz CT molecular complexity index is 594. The fourth-order valence-electron chi connectivity index (χ4n) is 1.76. The summed E-state index contributed by atoms with van der Waals surface area (Å²) in [6.07, 6.45) is 3.04. The number of hydrogen-bond acceptors (Lipinski definition) is 3. The number of Topliss-reactive ketones (excluding diaryl/α,β-unsaturated/α-hetero) is 1. The van der Waals surface area contributed by atoms with Gasteiger partial charge in [0.1, 0.15) is 5.75 Å². The van der Waals surface area contributed by atoms with E-state index >= 15 is 0 Å². The van der Waals surface area contributed by atoms with Crippen LogP contribution in [-0.2, 0) is 0 Å². The summed E-state index contributed by atoms with van der Waals surface area (Å²) < 4.78 is 5.38. The number of carbonyl (C=O) groups excluding carboxylic acids is 1. The molecular weight excluding hydrogens is 274 g/mol. The highest BCUT2D eigenvalue weighted by atomic mass is 35.5. The molecule has 2 aromatic rings. The van der Waals surface area contributed by atoms with Crippen LogP contribution in [0.4, 0.5) is 0 Å². The number of carbonyl (C=O) groups is 1. The van der Waals surface area contributed by atoms with Gasteiger partial charge in [-0.05, 0) is 11.5 Å². The molecule has 0 spiro atoms. The van der Waals surface area contributed by atoms with Gasteiger partial charge in [0.05, 0.1) is 11.2 Å². The second kappa shape index (κ2) is 6.53. The molecule has 1 aromatic carbocycles. The van der Waals surface area contributed by atoms with Gasteiger partial charge in [0.2, 0.25) is 0 Å². The molecule has 0 fully saturated rings. The van der Waals surface area contributed by atoms with Gasteiger partial charge < -0.3 is 4.74 Å². The number of ketones is 1. The van der Waals surface area contributed by atoms with E-state index in [9.17, 15) is 4.79 Å². The summed E-state index contributed by atoms with van der Waals surface area (Å²) in [6.45, 7) is 4.21. The van der Waals surface area contributed by atoms with E-state index in [4.69, 9.17) is 16.3 Å². The van der Waals surface area contributed by atoms with Gasteiger partial charge in [-0.1, -0.05) is 49.7 Å². The molecule has 0 bridgehead atoms. The average Bonchev–Trinajstić information content (AvgIpc) is 2.45. The molecule has 4 heteroatoms. The van der Waals surface area contributed by atoms with E-state index in [-0.39, 0.29) is 12.4 Å². The molecule has 1 heterocycles. The Kier molecular flexibility index (Phi) is 4.74. The summed E-state index contributed by atoms with van der Waals surface area (Å²) in [5.74, 6) is 0.873. The molecule has 0 unspecified atom stereocenters. The van der Waals surface area contributed by atoms with E-state index in [2.05, 4.69) is 18.8 Å². The van der Waals surface area contributed by atoms with Gasteiger partial charge in [-0.15, -0.1) is 0 Å². The zero-order valence-corrected chi connectivity index (χ0v) is 12.2. The van der Waals surface area contributed by atoms with Crippen molar-refractivity contribution in [3.63, 3.8) is 0 Å². The Labute approximate surface area is 123 Å². The molecule has 104 valence electrons. The molecule has 2 rings (SSSR count). The number of aromatic nitrogens is 1. The molecule has 3 nitrogen and oxygen atoms in total. The Morgan fingerprint density at radius 3 is 2.55 bits per heavy atom. The number of benzene rings is 1. The van der Waals surface area contributed by atoms with Gasteiger partial charge in [0.15, 0.2) is 12.4 Å². The summed E-state index contributed by atoms with van der Waals surface area (Å²) in [5, 5.41) is 0.483. The zero-order valence-electron chi connectivity index (χ0n) is 11.5. The van der Waals surface area contributed by atoms with Crippen molar-refractivity contribution in [3.05, 3.63) is 58.9 Å². The summed E-state index contributed by atoms with van der Waals surface area (Å²) in [5.41, 5.74) is 1.85. The van der Waals surface area contributed by atoms with Crippen LogP contribution in [0.1, 0.15) is 35.7 Å². The van der Waals surface area contributed by atoms with Crippen molar-refractivity contribution in [3.8, 4) is 5.75 Å². The lowest BCUT2D eigenvalue weighted by atomic mass is 10.0. The number of nitrogens with zero attached hydrogens (tertiary/aromatic N) is 1. The number of rotatable bonds is 5.